The van der Waals surface area contributed by atoms with E-state index in [1.807, 2.05) is 17.3 Å². The predicted molar refractivity (Wildman–Crippen MR) is 98.6 cm³/mol. The number of carbonyl (C=O) groups excluding carboxylic acids is 1. The molecule has 0 unspecified atom stereocenters. The lowest BCUT2D eigenvalue weighted by molar-refractivity contribution is 0.0647. The number of imidazole rings is 1. The largest absolute Gasteiger partial charge is 0.336 e. The van der Waals surface area contributed by atoms with Gasteiger partial charge in [-0.05, 0) is 38.7 Å². The van der Waals surface area contributed by atoms with Gasteiger partial charge in [0, 0.05) is 24.8 Å². The van der Waals surface area contributed by atoms with Gasteiger partial charge in [0.2, 0.25) is 0 Å². The Morgan fingerprint density at radius 3 is 2.56 bits per heavy atom. The summed E-state index contributed by atoms with van der Waals surface area (Å²) in [6.45, 7) is 2.84. The molecule has 0 radical (unpaired) electrons. The van der Waals surface area contributed by atoms with E-state index in [4.69, 9.17) is 0 Å². The smallest absolute Gasteiger partial charge is 0.255 e. The van der Waals surface area contributed by atoms with Crippen LogP contribution in [-0.2, 0) is 0 Å². The molecule has 0 aromatic carbocycles. The fraction of sp³-hybridized carbons (Fsp3) is 0.650. The first-order chi connectivity index (χ1) is 12.3. The Balaban J connectivity index is 1.59. The molecule has 5 heteroatoms. The molecule has 0 N–H and O–H groups in total. The number of hydrogen-bond donors (Lipinski definition) is 0. The molecule has 5 nitrogen and oxygen atoms in total. The molecule has 25 heavy (non-hydrogen) atoms. The van der Waals surface area contributed by atoms with Crippen molar-refractivity contribution >= 4 is 17.1 Å². The lowest BCUT2D eigenvalue weighted by atomic mass is 9.94. The minimum absolute atomic E-state index is 0.110. The Morgan fingerprint density at radius 1 is 1.12 bits per heavy atom. The second-order valence-corrected chi connectivity index (χ2v) is 7.54. The Kier molecular flexibility index (Phi) is 4.73. The van der Waals surface area contributed by atoms with E-state index in [1.165, 1.54) is 44.9 Å². The first-order valence-electron chi connectivity index (χ1n) is 9.91. The number of hydrogen-bond acceptors (Lipinski definition) is 3. The lowest BCUT2D eigenvalue weighted by Crippen LogP contribution is -2.41. The summed E-state index contributed by atoms with van der Waals surface area (Å²) in [7, 11) is 0. The van der Waals surface area contributed by atoms with Crippen molar-refractivity contribution in [1.82, 2.24) is 19.4 Å². The topological polar surface area (TPSA) is 51.0 Å². The molecule has 2 aliphatic carbocycles. The minimum Gasteiger partial charge on any atom is -0.336 e. The van der Waals surface area contributed by atoms with Crippen molar-refractivity contribution in [3.63, 3.8) is 0 Å². The summed E-state index contributed by atoms with van der Waals surface area (Å²) >= 11 is 0. The molecule has 0 aliphatic heterocycles. The number of fused-ring (bicyclic) bond motifs is 1. The van der Waals surface area contributed by atoms with Crippen LogP contribution in [0.15, 0.2) is 18.6 Å². The first-order valence-corrected chi connectivity index (χ1v) is 9.91. The van der Waals surface area contributed by atoms with Crippen molar-refractivity contribution in [2.75, 3.05) is 6.54 Å². The molecule has 2 saturated carbocycles. The Morgan fingerprint density at radius 2 is 1.84 bits per heavy atom. The molecule has 134 valence electrons. The van der Waals surface area contributed by atoms with Crippen LogP contribution in [0.4, 0.5) is 0 Å². The molecule has 2 aliphatic rings. The van der Waals surface area contributed by atoms with Crippen molar-refractivity contribution in [3.8, 4) is 0 Å². The molecular formula is C20H28N4O. The molecule has 4 rings (SSSR count). The van der Waals surface area contributed by atoms with Gasteiger partial charge in [-0.2, -0.15) is 0 Å². The third-order valence-corrected chi connectivity index (χ3v) is 6.00. The molecule has 0 atom stereocenters. The van der Waals surface area contributed by atoms with Crippen LogP contribution in [0.1, 0.15) is 81.1 Å². The van der Waals surface area contributed by atoms with E-state index in [0.717, 1.165) is 30.6 Å². The molecule has 2 aromatic heterocycles. The maximum atomic E-state index is 13.0. The number of carbonyl (C=O) groups is 1. The maximum absolute atomic E-state index is 13.0. The van der Waals surface area contributed by atoms with E-state index < -0.39 is 0 Å². The Hall–Kier alpha value is -1.91. The summed E-state index contributed by atoms with van der Waals surface area (Å²) in [6.07, 6.45) is 14.7. The molecule has 1 amide bonds. The summed E-state index contributed by atoms with van der Waals surface area (Å²) < 4.78 is 2.20. The van der Waals surface area contributed by atoms with E-state index in [2.05, 4.69) is 21.5 Å². The van der Waals surface area contributed by atoms with Gasteiger partial charge >= 0.3 is 0 Å². The van der Waals surface area contributed by atoms with Gasteiger partial charge in [-0.25, -0.2) is 9.97 Å². The van der Waals surface area contributed by atoms with Crippen LogP contribution in [0.2, 0.25) is 0 Å². The van der Waals surface area contributed by atoms with Crippen LogP contribution >= 0.6 is 0 Å². The first kappa shape index (κ1) is 16.6. The van der Waals surface area contributed by atoms with Gasteiger partial charge in [-0.15, -0.1) is 0 Å². The molecule has 0 spiro atoms. The van der Waals surface area contributed by atoms with Crippen LogP contribution in [0.5, 0.6) is 0 Å². The standard InChI is InChI=1S/C20H28N4O/c1-2-23(16-8-4-3-5-9-16)20(25)15-12-18-19(21-13-15)24(14-22-18)17-10-6-7-11-17/h12-14,16-17H,2-11H2,1H3. The maximum Gasteiger partial charge on any atom is 0.255 e. The van der Waals surface area contributed by atoms with Gasteiger partial charge in [-0.3, -0.25) is 4.79 Å². The quantitative estimate of drug-likeness (QED) is 0.832. The van der Waals surface area contributed by atoms with E-state index >= 15 is 0 Å². The predicted octanol–water partition coefficient (Wildman–Crippen LogP) is 4.34. The highest BCUT2D eigenvalue weighted by Gasteiger charge is 2.26. The normalized spacial score (nSPS) is 19.6. The average Bonchev–Trinajstić information content (AvgIpc) is 3.32. The SMILES string of the molecule is CCN(C(=O)c1cnc2c(c1)ncn2C1CCCC1)C1CCCCC1. The highest BCUT2D eigenvalue weighted by molar-refractivity contribution is 5.96. The second kappa shape index (κ2) is 7.14. The molecule has 2 aromatic rings. The zero-order valence-corrected chi connectivity index (χ0v) is 15.2. The number of rotatable bonds is 4. The van der Waals surface area contributed by atoms with Gasteiger partial charge in [0.15, 0.2) is 5.65 Å². The van der Waals surface area contributed by atoms with Crippen LogP contribution in [-0.4, -0.2) is 37.9 Å². The van der Waals surface area contributed by atoms with Gasteiger partial charge in [0.05, 0.1) is 11.9 Å². The third-order valence-electron chi connectivity index (χ3n) is 6.00. The van der Waals surface area contributed by atoms with E-state index in [9.17, 15) is 4.79 Å². The fourth-order valence-corrected chi connectivity index (χ4v) is 4.61. The summed E-state index contributed by atoms with van der Waals surface area (Å²) in [5, 5.41) is 0. The van der Waals surface area contributed by atoms with E-state index in [1.54, 1.807) is 6.20 Å². The van der Waals surface area contributed by atoms with Gasteiger partial charge in [0.25, 0.3) is 5.91 Å². The summed E-state index contributed by atoms with van der Waals surface area (Å²) in [5.41, 5.74) is 2.44. The van der Waals surface area contributed by atoms with Crippen molar-refractivity contribution in [2.24, 2.45) is 0 Å². The number of nitrogens with zero attached hydrogens (tertiary/aromatic N) is 4. The van der Waals surface area contributed by atoms with Crippen LogP contribution in [0, 0.1) is 0 Å². The average molecular weight is 340 g/mol. The lowest BCUT2D eigenvalue weighted by Gasteiger charge is -2.33. The van der Waals surface area contributed by atoms with Crippen molar-refractivity contribution in [1.29, 1.82) is 0 Å². The minimum atomic E-state index is 0.110. The van der Waals surface area contributed by atoms with Crippen molar-refractivity contribution < 1.29 is 4.79 Å². The highest BCUT2D eigenvalue weighted by atomic mass is 16.2. The highest BCUT2D eigenvalue weighted by Crippen LogP contribution is 2.31. The summed E-state index contributed by atoms with van der Waals surface area (Å²) in [5.74, 6) is 0.110. The van der Waals surface area contributed by atoms with E-state index in [0.29, 0.717) is 17.6 Å². The van der Waals surface area contributed by atoms with E-state index in [-0.39, 0.29) is 5.91 Å². The number of pyridine rings is 1. The van der Waals surface area contributed by atoms with Crippen molar-refractivity contribution in [3.05, 3.63) is 24.2 Å². The summed E-state index contributed by atoms with van der Waals surface area (Å²) in [6, 6.07) is 2.84. The van der Waals surface area contributed by atoms with Gasteiger partial charge in [0.1, 0.15) is 5.52 Å². The molecule has 2 heterocycles. The van der Waals surface area contributed by atoms with Gasteiger partial charge in [-0.1, -0.05) is 32.1 Å². The molecule has 2 fully saturated rings. The zero-order valence-electron chi connectivity index (χ0n) is 15.2. The number of amides is 1. The van der Waals surface area contributed by atoms with Crippen LogP contribution in [0.25, 0.3) is 11.2 Å². The van der Waals surface area contributed by atoms with Crippen molar-refractivity contribution in [2.45, 2.75) is 76.8 Å². The monoisotopic (exact) mass is 340 g/mol. The molecule has 0 saturated heterocycles. The fourth-order valence-electron chi connectivity index (χ4n) is 4.61. The van der Waals surface area contributed by atoms with Crippen LogP contribution < -0.4 is 0 Å². The second-order valence-electron chi connectivity index (χ2n) is 7.54. The van der Waals surface area contributed by atoms with Gasteiger partial charge < -0.3 is 9.47 Å². The number of aromatic nitrogens is 3. The molecule has 0 bridgehead atoms. The Labute approximate surface area is 149 Å². The third kappa shape index (κ3) is 3.16. The van der Waals surface area contributed by atoms with Crippen LogP contribution in [0.3, 0.4) is 0 Å². The Bertz CT molecular complexity index is 741. The zero-order chi connectivity index (χ0) is 17.2. The molecular weight excluding hydrogens is 312 g/mol. The summed E-state index contributed by atoms with van der Waals surface area (Å²) in [4.78, 5) is 24.2.